The number of hydrogen-bond donors (Lipinski definition) is 2. The molecule has 0 bridgehead atoms. The van der Waals surface area contributed by atoms with Gasteiger partial charge in [-0.25, -0.2) is 8.42 Å². The molecule has 0 radical (unpaired) electrons. The summed E-state index contributed by atoms with van der Waals surface area (Å²) in [6, 6.07) is 3.30. The molecular formula is C11H16N2O2S3. The molecule has 0 amide bonds. The first-order chi connectivity index (χ1) is 8.46. The van der Waals surface area contributed by atoms with Crippen molar-refractivity contribution >= 4 is 38.6 Å². The van der Waals surface area contributed by atoms with E-state index in [-0.39, 0.29) is 4.99 Å². The molecule has 0 aromatic carbocycles. The average molecular weight is 304 g/mol. The van der Waals surface area contributed by atoms with Gasteiger partial charge in [0.15, 0.2) is 0 Å². The minimum absolute atomic E-state index is 0.252. The summed E-state index contributed by atoms with van der Waals surface area (Å²) in [5.41, 5.74) is 5.03. The van der Waals surface area contributed by atoms with Gasteiger partial charge in [0.25, 0.3) is 10.0 Å². The predicted molar refractivity (Wildman–Crippen MR) is 77.2 cm³/mol. The van der Waals surface area contributed by atoms with Crippen LogP contribution in [0.5, 0.6) is 0 Å². The molecular weight excluding hydrogens is 288 g/mol. The Labute approximate surface area is 117 Å². The Hall–Kier alpha value is -0.500. The second-order valence-corrected chi connectivity index (χ2v) is 7.84. The van der Waals surface area contributed by atoms with E-state index in [9.17, 15) is 8.42 Å². The van der Waals surface area contributed by atoms with Crippen LogP contribution in [-0.4, -0.2) is 18.9 Å². The number of thiocarbonyl (C=S) groups is 1. The Bertz CT molecular complexity index is 516. The van der Waals surface area contributed by atoms with Gasteiger partial charge in [0.1, 0.15) is 4.21 Å². The van der Waals surface area contributed by atoms with Crippen molar-refractivity contribution in [1.29, 1.82) is 0 Å². The third-order valence-electron chi connectivity index (χ3n) is 3.27. The molecule has 0 aliphatic heterocycles. The number of rotatable bonds is 4. The number of sulfonamides is 1. The first-order valence-corrected chi connectivity index (χ1v) is 8.61. The quantitative estimate of drug-likeness (QED) is 0.835. The van der Waals surface area contributed by atoms with Gasteiger partial charge in [0.05, 0.1) is 10.5 Å². The maximum absolute atomic E-state index is 12.3. The highest BCUT2D eigenvalue weighted by atomic mass is 32.2. The van der Waals surface area contributed by atoms with Crippen LogP contribution in [0.3, 0.4) is 0 Å². The molecule has 1 fully saturated rings. The van der Waals surface area contributed by atoms with E-state index in [4.69, 9.17) is 18.0 Å². The van der Waals surface area contributed by atoms with Gasteiger partial charge in [-0.05, 0) is 24.3 Å². The molecule has 100 valence electrons. The summed E-state index contributed by atoms with van der Waals surface area (Å²) in [6.07, 6.45) is 4.37. The molecule has 0 spiro atoms. The molecule has 0 atom stereocenters. The van der Waals surface area contributed by atoms with Crippen molar-refractivity contribution in [3.05, 3.63) is 17.5 Å². The van der Waals surface area contributed by atoms with Gasteiger partial charge in [-0.3, -0.25) is 0 Å². The van der Waals surface area contributed by atoms with Gasteiger partial charge < -0.3 is 5.73 Å². The highest BCUT2D eigenvalue weighted by Crippen LogP contribution is 2.31. The number of nitrogens with one attached hydrogen (secondary N) is 1. The van der Waals surface area contributed by atoms with E-state index >= 15 is 0 Å². The molecule has 1 aliphatic rings. The Morgan fingerprint density at radius 2 is 2.06 bits per heavy atom. The van der Waals surface area contributed by atoms with Crippen LogP contribution in [0.2, 0.25) is 0 Å². The Kier molecular flexibility index (Phi) is 4.05. The number of thiophene rings is 1. The van der Waals surface area contributed by atoms with E-state index in [1.165, 1.54) is 11.3 Å². The van der Waals surface area contributed by atoms with Crippen LogP contribution >= 0.6 is 23.6 Å². The van der Waals surface area contributed by atoms with Crippen molar-refractivity contribution in [2.75, 3.05) is 0 Å². The van der Waals surface area contributed by atoms with Crippen molar-refractivity contribution < 1.29 is 8.42 Å². The molecule has 0 unspecified atom stereocenters. The summed E-state index contributed by atoms with van der Waals surface area (Å²) in [5, 5.41) is 1.74. The summed E-state index contributed by atoms with van der Waals surface area (Å²) in [7, 11) is -3.52. The Morgan fingerprint density at radius 1 is 1.39 bits per heavy atom. The molecule has 4 nitrogen and oxygen atoms in total. The number of hydrogen-bond acceptors (Lipinski definition) is 4. The smallest absolute Gasteiger partial charge is 0.250 e. The largest absolute Gasteiger partial charge is 0.392 e. The van der Waals surface area contributed by atoms with Gasteiger partial charge in [-0.2, -0.15) is 4.72 Å². The lowest BCUT2D eigenvalue weighted by molar-refractivity contribution is 0.353. The zero-order valence-corrected chi connectivity index (χ0v) is 12.3. The third kappa shape index (κ3) is 2.74. The van der Waals surface area contributed by atoms with Crippen LogP contribution in [0, 0.1) is 0 Å². The average Bonchev–Trinajstić information content (AvgIpc) is 2.83. The fourth-order valence-corrected chi connectivity index (χ4v) is 5.03. The van der Waals surface area contributed by atoms with Gasteiger partial charge in [0.2, 0.25) is 0 Å². The normalized spacial score (nSPS) is 19.6. The summed E-state index contributed by atoms with van der Waals surface area (Å²) in [4.78, 5) is 0.252. The van der Waals surface area contributed by atoms with E-state index in [1.807, 2.05) is 0 Å². The summed E-state index contributed by atoms with van der Waals surface area (Å²) < 4.78 is 27.5. The van der Waals surface area contributed by atoms with Crippen molar-refractivity contribution in [2.24, 2.45) is 5.73 Å². The molecule has 3 N–H and O–H groups in total. The fourth-order valence-electron chi connectivity index (χ4n) is 2.28. The molecule has 1 saturated carbocycles. The lowest BCUT2D eigenvalue weighted by atomic mass is 9.82. The molecule has 1 aromatic heterocycles. The first kappa shape index (κ1) is 13.9. The minimum atomic E-state index is -3.52. The van der Waals surface area contributed by atoms with Crippen molar-refractivity contribution in [3.8, 4) is 0 Å². The minimum Gasteiger partial charge on any atom is -0.392 e. The van der Waals surface area contributed by atoms with Crippen LogP contribution < -0.4 is 10.5 Å². The highest BCUT2D eigenvalue weighted by Gasteiger charge is 2.39. The molecule has 2 rings (SSSR count). The van der Waals surface area contributed by atoms with Crippen LogP contribution in [0.1, 0.15) is 32.1 Å². The zero-order valence-electron chi connectivity index (χ0n) is 9.89. The maximum atomic E-state index is 12.3. The lowest BCUT2D eigenvalue weighted by Crippen LogP contribution is -2.57. The SMILES string of the molecule is NC(=S)C1(NS(=O)(=O)c2cccs2)CCCCC1. The van der Waals surface area contributed by atoms with Crippen molar-refractivity contribution in [3.63, 3.8) is 0 Å². The Morgan fingerprint density at radius 3 is 2.56 bits per heavy atom. The lowest BCUT2D eigenvalue weighted by Gasteiger charge is -2.36. The van der Waals surface area contributed by atoms with Crippen molar-refractivity contribution in [2.45, 2.75) is 41.9 Å². The van der Waals surface area contributed by atoms with Crippen LogP contribution in [0.15, 0.2) is 21.7 Å². The molecule has 1 aromatic rings. The van der Waals surface area contributed by atoms with E-state index in [0.717, 1.165) is 19.3 Å². The van der Waals surface area contributed by atoms with E-state index < -0.39 is 15.6 Å². The second-order valence-electron chi connectivity index (χ2n) is 4.54. The van der Waals surface area contributed by atoms with Gasteiger partial charge in [-0.1, -0.05) is 37.5 Å². The van der Waals surface area contributed by atoms with E-state index in [2.05, 4.69) is 4.72 Å². The van der Waals surface area contributed by atoms with E-state index in [1.54, 1.807) is 17.5 Å². The molecule has 18 heavy (non-hydrogen) atoms. The zero-order chi connectivity index (χ0) is 13.2. The van der Waals surface area contributed by atoms with Crippen LogP contribution in [0.25, 0.3) is 0 Å². The highest BCUT2D eigenvalue weighted by molar-refractivity contribution is 7.91. The van der Waals surface area contributed by atoms with E-state index in [0.29, 0.717) is 17.1 Å². The summed E-state index contributed by atoms with van der Waals surface area (Å²) in [6.45, 7) is 0. The topological polar surface area (TPSA) is 72.2 Å². The number of nitrogens with two attached hydrogens (primary N) is 1. The molecule has 1 aliphatic carbocycles. The van der Waals surface area contributed by atoms with Crippen LogP contribution in [-0.2, 0) is 10.0 Å². The third-order valence-corrected chi connectivity index (χ3v) is 6.59. The van der Waals surface area contributed by atoms with Gasteiger partial charge in [-0.15, -0.1) is 11.3 Å². The van der Waals surface area contributed by atoms with Gasteiger partial charge in [0, 0.05) is 0 Å². The summed E-state index contributed by atoms with van der Waals surface area (Å²) in [5.74, 6) is 0. The molecule has 0 saturated heterocycles. The molecule has 1 heterocycles. The van der Waals surface area contributed by atoms with Crippen molar-refractivity contribution in [1.82, 2.24) is 4.72 Å². The molecule has 7 heteroatoms. The standard InChI is InChI=1S/C11H16N2O2S3/c12-10(16)11(6-2-1-3-7-11)13-18(14,15)9-5-4-8-17-9/h4-5,8,13H,1-3,6-7H2,(H2,12,16). The maximum Gasteiger partial charge on any atom is 0.250 e. The monoisotopic (exact) mass is 304 g/mol. The second kappa shape index (κ2) is 5.24. The van der Waals surface area contributed by atoms with Gasteiger partial charge >= 0.3 is 0 Å². The Balaban J connectivity index is 2.27. The summed E-state index contributed by atoms with van der Waals surface area (Å²) >= 11 is 6.27. The first-order valence-electron chi connectivity index (χ1n) is 5.84. The fraction of sp³-hybridized carbons (Fsp3) is 0.545. The predicted octanol–water partition coefficient (Wildman–Crippen LogP) is 2.02. The van der Waals surface area contributed by atoms with Crippen LogP contribution in [0.4, 0.5) is 0 Å².